The first-order valence-electron chi connectivity index (χ1n) is 12.2. The van der Waals surface area contributed by atoms with Gasteiger partial charge in [0.05, 0.1) is 7.11 Å². The van der Waals surface area contributed by atoms with Crippen molar-refractivity contribution in [2.75, 3.05) is 7.11 Å². The van der Waals surface area contributed by atoms with Crippen LogP contribution >= 0.6 is 0 Å². The number of hydrogen-bond acceptors (Lipinski definition) is 1. The van der Waals surface area contributed by atoms with Crippen LogP contribution in [0.15, 0.2) is 114 Å². The summed E-state index contributed by atoms with van der Waals surface area (Å²) in [5, 5.41) is 0. The van der Waals surface area contributed by atoms with Crippen LogP contribution in [0.3, 0.4) is 0 Å². The molecule has 2 aliphatic rings. The average molecular weight is 576 g/mol. The minimum atomic E-state index is 0. The molecule has 0 fully saturated rings. The number of ether oxygens (including phenoxy) is 1. The molecule has 4 aromatic rings. The molecule has 2 heteroatoms. The van der Waals surface area contributed by atoms with Crippen LogP contribution in [-0.2, 0) is 30.7 Å². The van der Waals surface area contributed by atoms with Gasteiger partial charge in [-0.2, -0.15) is 11.6 Å². The van der Waals surface area contributed by atoms with Crippen LogP contribution in [-0.4, -0.2) is 10.3 Å². The molecule has 0 atom stereocenters. The van der Waals surface area contributed by atoms with Crippen LogP contribution in [0.5, 0.6) is 5.75 Å². The summed E-state index contributed by atoms with van der Waals surface area (Å²) in [5.41, 5.74) is 10.8. The zero-order valence-corrected chi connectivity index (χ0v) is 25.6. The van der Waals surface area contributed by atoms with Crippen LogP contribution in [0, 0.1) is 27.0 Å². The van der Waals surface area contributed by atoms with Crippen LogP contribution in [0.1, 0.15) is 42.5 Å². The third-order valence-electron chi connectivity index (χ3n) is 6.38. The summed E-state index contributed by atoms with van der Waals surface area (Å²) in [7, 11) is 1.68. The molecule has 6 rings (SSSR count). The molecule has 0 saturated carbocycles. The van der Waals surface area contributed by atoms with E-state index in [4.69, 9.17) is 4.74 Å². The molecule has 0 spiro atoms. The quantitative estimate of drug-likeness (QED) is 0.195. The van der Waals surface area contributed by atoms with Crippen molar-refractivity contribution in [1.29, 1.82) is 0 Å². The maximum atomic E-state index is 5.18. The minimum absolute atomic E-state index is 0. The molecule has 0 radical (unpaired) electrons. The fraction of sp³-hybridized carbons (Fsp3) is 0.139. The predicted molar refractivity (Wildman–Crippen MR) is 160 cm³/mol. The van der Waals surface area contributed by atoms with E-state index in [1.807, 2.05) is 6.07 Å². The first kappa shape index (κ1) is 31.1. The molecule has 194 valence electrons. The van der Waals surface area contributed by atoms with E-state index in [1.165, 1.54) is 72.0 Å². The Morgan fingerprint density at radius 3 is 1.82 bits per heavy atom. The first-order valence-corrected chi connectivity index (χ1v) is 13.4. The van der Waals surface area contributed by atoms with Crippen molar-refractivity contribution in [3.05, 3.63) is 164 Å². The van der Waals surface area contributed by atoms with E-state index < -0.39 is 0 Å². The van der Waals surface area contributed by atoms with Gasteiger partial charge < -0.3 is 19.6 Å². The Morgan fingerprint density at radius 2 is 1.32 bits per heavy atom. The zero-order valence-electron chi connectivity index (χ0n) is 23.1. The van der Waals surface area contributed by atoms with E-state index in [0.29, 0.717) is 0 Å². The van der Waals surface area contributed by atoms with Gasteiger partial charge in [-0.1, -0.05) is 42.3 Å². The summed E-state index contributed by atoms with van der Waals surface area (Å²) in [6.07, 6.45) is 7.20. The van der Waals surface area contributed by atoms with Crippen LogP contribution in [0.4, 0.5) is 0 Å². The van der Waals surface area contributed by atoms with E-state index in [2.05, 4.69) is 123 Å². The molecule has 0 aromatic heterocycles. The second kappa shape index (κ2) is 15.4. The van der Waals surface area contributed by atoms with Crippen molar-refractivity contribution >= 4 is 3.21 Å². The maximum absolute atomic E-state index is 5.18. The molecule has 0 bridgehead atoms. The van der Waals surface area contributed by atoms with Gasteiger partial charge in [0.15, 0.2) is 0 Å². The Morgan fingerprint density at radius 1 is 0.737 bits per heavy atom. The monoisotopic (exact) mass is 574 g/mol. The number of fused-ring (bicyclic) bond motifs is 3. The molecule has 2 aliphatic carbocycles. The summed E-state index contributed by atoms with van der Waals surface area (Å²) >= 11 is 1.46. The molecule has 4 aromatic carbocycles. The standard InChI is InChI=1S/C14H11O.C13H10.C7H9.2CH3.Zr/c1-15-12-6-7-14-11(9-12)8-10-4-2-3-5-13(10)14;1-3-7-12(8-4-1)11-13-9-5-2-6-10-13;1-6-4-3-5-7(6)2;;;/h2-7H,8H2,1H3;1-10H;4H,5H2,1-2H3;2*1H3;/q-1;;3*-1;. The number of rotatable bonds is 3. The van der Waals surface area contributed by atoms with Gasteiger partial charge in [-0.05, 0) is 6.42 Å². The van der Waals surface area contributed by atoms with Crippen molar-refractivity contribution in [2.45, 2.75) is 26.7 Å². The number of methoxy groups -OCH3 is 1. The molecular formula is C36H36OZr-4. The van der Waals surface area contributed by atoms with E-state index >= 15 is 0 Å². The fourth-order valence-corrected chi connectivity index (χ4v) is 4.97. The normalized spacial score (nSPS) is 11.8. The van der Waals surface area contributed by atoms with Gasteiger partial charge in [-0.15, -0.1) is 36.6 Å². The summed E-state index contributed by atoms with van der Waals surface area (Å²) < 4.78 is 6.60. The molecule has 38 heavy (non-hydrogen) atoms. The van der Waals surface area contributed by atoms with Gasteiger partial charge >= 0.3 is 99.2 Å². The Bertz CT molecular complexity index is 1340. The number of hydrogen-bond donors (Lipinski definition) is 0. The van der Waals surface area contributed by atoms with E-state index in [0.717, 1.165) is 18.6 Å². The Labute approximate surface area is 245 Å². The van der Waals surface area contributed by atoms with Gasteiger partial charge in [-0.3, -0.25) is 6.08 Å². The molecule has 0 heterocycles. The summed E-state index contributed by atoms with van der Waals surface area (Å²) in [6, 6.07) is 37.0. The molecule has 0 unspecified atom stereocenters. The van der Waals surface area contributed by atoms with Crippen molar-refractivity contribution in [1.82, 2.24) is 0 Å². The van der Waals surface area contributed by atoms with E-state index in [-0.39, 0.29) is 14.9 Å². The second-order valence-electron chi connectivity index (χ2n) is 8.85. The van der Waals surface area contributed by atoms with Crippen LogP contribution in [0.25, 0.3) is 11.1 Å². The molecule has 0 aliphatic heterocycles. The van der Waals surface area contributed by atoms with Crippen molar-refractivity contribution in [3.8, 4) is 16.9 Å². The molecular weight excluding hydrogens is 540 g/mol. The molecule has 1 nitrogen and oxygen atoms in total. The summed E-state index contributed by atoms with van der Waals surface area (Å²) in [5.74, 6) is 0.821. The third kappa shape index (κ3) is 7.96. The van der Waals surface area contributed by atoms with Crippen molar-refractivity contribution < 1.29 is 29.0 Å². The van der Waals surface area contributed by atoms with Gasteiger partial charge in [-0.25, -0.2) is 11.6 Å². The molecule has 0 amide bonds. The topological polar surface area (TPSA) is 9.23 Å². The van der Waals surface area contributed by atoms with Crippen LogP contribution in [0.2, 0.25) is 0 Å². The summed E-state index contributed by atoms with van der Waals surface area (Å²) in [6.45, 7) is 4.27. The molecule has 0 saturated heterocycles. The van der Waals surface area contributed by atoms with E-state index in [1.54, 1.807) is 7.11 Å². The van der Waals surface area contributed by atoms with E-state index in [9.17, 15) is 0 Å². The Kier molecular flexibility index (Phi) is 12.6. The summed E-state index contributed by atoms with van der Waals surface area (Å²) in [4.78, 5) is 0. The average Bonchev–Trinajstić information content (AvgIpc) is 3.51. The number of allylic oxidation sites excluding steroid dienone is 4. The third-order valence-corrected chi connectivity index (χ3v) is 7.80. The SMILES string of the molecule is CC1=C(C)C[C-]=C1.COc1[c-]c2c(cc1)-c1ccccc1C2.[CH3-].[CH3-].[Zr]=[C](c1ccccc1)c1ccccc1. The van der Waals surface area contributed by atoms with Gasteiger partial charge in [0.1, 0.15) is 0 Å². The Hall–Kier alpha value is -3.09. The van der Waals surface area contributed by atoms with Gasteiger partial charge in [0.25, 0.3) is 0 Å². The second-order valence-corrected chi connectivity index (χ2v) is 10.1. The first-order chi connectivity index (χ1) is 17.6. The van der Waals surface area contributed by atoms with Crippen molar-refractivity contribution in [2.24, 2.45) is 0 Å². The molecule has 0 N–H and O–H groups in total. The Balaban J connectivity index is 0.000000207. The zero-order chi connectivity index (χ0) is 25.3. The predicted octanol–water partition coefficient (Wildman–Crippen LogP) is 8.86. The van der Waals surface area contributed by atoms with Crippen LogP contribution < -0.4 is 4.74 Å². The van der Waals surface area contributed by atoms with Gasteiger partial charge in [0, 0.05) is 5.75 Å². The van der Waals surface area contributed by atoms with Gasteiger partial charge in [0.2, 0.25) is 0 Å². The van der Waals surface area contributed by atoms with Crippen molar-refractivity contribution in [3.63, 3.8) is 0 Å². The fourth-order valence-electron chi connectivity index (χ4n) is 4.15. The number of benzene rings is 4.